The maximum atomic E-state index is 6.36. The highest BCUT2D eigenvalue weighted by Gasteiger charge is 2.21. The Morgan fingerprint density at radius 1 is 0.875 bits per heavy atom. The molecule has 2 unspecified atom stereocenters. The van der Waals surface area contributed by atoms with E-state index >= 15 is 0 Å². The summed E-state index contributed by atoms with van der Waals surface area (Å²) in [7, 11) is 0. The number of rotatable bonds is 8. The Bertz CT molecular complexity index is 627. The molecule has 0 N–H and O–H groups in total. The molecule has 0 saturated heterocycles. The zero-order valence-corrected chi connectivity index (χ0v) is 15.9. The minimum absolute atomic E-state index is 0.272. The molecular formula is C23H32O. The van der Waals surface area contributed by atoms with E-state index in [-0.39, 0.29) is 6.10 Å². The molecular weight excluding hydrogens is 292 g/mol. The second kappa shape index (κ2) is 8.92. The van der Waals surface area contributed by atoms with Gasteiger partial charge in [-0.15, -0.1) is 0 Å². The average Bonchev–Trinajstić information content (AvgIpc) is 2.57. The van der Waals surface area contributed by atoms with E-state index in [0.29, 0.717) is 5.92 Å². The summed E-state index contributed by atoms with van der Waals surface area (Å²) in [4.78, 5) is 0. The van der Waals surface area contributed by atoms with Gasteiger partial charge in [0, 0.05) is 0 Å². The number of hydrogen-bond acceptors (Lipinski definition) is 1. The predicted molar refractivity (Wildman–Crippen MR) is 104 cm³/mol. The van der Waals surface area contributed by atoms with E-state index < -0.39 is 0 Å². The van der Waals surface area contributed by atoms with Gasteiger partial charge in [0.2, 0.25) is 0 Å². The van der Waals surface area contributed by atoms with Crippen LogP contribution in [0.15, 0.2) is 42.5 Å². The lowest BCUT2D eigenvalue weighted by atomic mass is 9.88. The van der Waals surface area contributed by atoms with Gasteiger partial charge in [0.1, 0.15) is 11.9 Å². The Balaban J connectivity index is 2.13. The van der Waals surface area contributed by atoms with Gasteiger partial charge in [-0.1, -0.05) is 56.2 Å². The van der Waals surface area contributed by atoms with Crippen LogP contribution in [0.4, 0.5) is 0 Å². The second-order valence-corrected chi connectivity index (χ2v) is 7.05. The molecule has 0 aliphatic carbocycles. The van der Waals surface area contributed by atoms with Gasteiger partial charge in [0.25, 0.3) is 0 Å². The molecule has 0 bridgehead atoms. The summed E-state index contributed by atoms with van der Waals surface area (Å²) in [5.74, 6) is 1.55. The van der Waals surface area contributed by atoms with Gasteiger partial charge < -0.3 is 4.74 Å². The fourth-order valence-corrected chi connectivity index (χ4v) is 3.33. The lowest BCUT2D eigenvalue weighted by Crippen LogP contribution is -2.28. The summed E-state index contributed by atoms with van der Waals surface area (Å²) >= 11 is 0. The normalized spacial score (nSPS) is 13.5. The molecule has 0 aromatic heterocycles. The van der Waals surface area contributed by atoms with Gasteiger partial charge in [0.05, 0.1) is 0 Å². The molecule has 0 heterocycles. The maximum Gasteiger partial charge on any atom is 0.119 e. The molecule has 130 valence electrons. The number of hydrogen-bond donors (Lipinski definition) is 0. The summed E-state index contributed by atoms with van der Waals surface area (Å²) in [5, 5.41) is 0. The van der Waals surface area contributed by atoms with E-state index in [1.54, 1.807) is 0 Å². The highest BCUT2D eigenvalue weighted by Crippen LogP contribution is 2.26. The van der Waals surface area contributed by atoms with Gasteiger partial charge in [-0.3, -0.25) is 0 Å². The molecule has 24 heavy (non-hydrogen) atoms. The van der Waals surface area contributed by atoms with E-state index in [9.17, 15) is 0 Å². The highest BCUT2D eigenvalue weighted by molar-refractivity contribution is 5.30. The topological polar surface area (TPSA) is 9.23 Å². The van der Waals surface area contributed by atoms with Crippen molar-refractivity contribution in [3.63, 3.8) is 0 Å². The van der Waals surface area contributed by atoms with Crippen LogP contribution in [0, 0.1) is 26.7 Å². The highest BCUT2D eigenvalue weighted by atomic mass is 16.5. The van der Waals surface area contributed by atoms with Crippen molar-refractivity contribution in [1.29, 1.82) is 0 Å². The van der Waals surface area contributed by atoms with Crippen LogP contribution in [0.3, 0.4) is 0 Å². The summed E-state index contributed by atoms with van der Waals surface area (Å²) in [6.07, 6.45) is 4.82. The van der Waals surface area contributed by atoms with Crippen molar-refractivity contribution in [1.82, 2.24) is 0 Å². The van der Waals surface area contributed by atoms with E-state index in [2.05, 4.69) is 77.1 Å². The molecule has 0 aliphatic heterocycles. The number of aryl methyl sites for hydroxylation is 3. The van der Waals surface area contributed by atoms with Gasteiger partial charge in [-0.05, 0) is 74.8 Å². The van der Waals surface area contributed by atoms with Crippen LogP contribution < -0.4 is 4.74 Å². The zero-order chi connectivity index (χ0) is 17.5. The van der Waals surface area contributed by atoms with Crippen LogP contribution in [-0.2, 0) is 6.42 Å². The van der Waals surface area contributed by atoms with Crippen molar-refractivity contribution < 1.29 is 4.74 Å². The van der Waals surface area contributed by atoms with E-state index in [4.69, 9.17) is 4.74 Å². The summed E-state index contributed by atoms with van der Waals surface area (Å²) in [5.41, 5.74) is 5.46. The first-order valence-corrected chi connectivity index (χ1v) is 9.33. The molecule has 0 fully saturated rings. The van der Waals surface area contributed by atoms with Crippen LogP contribution in [0.1, 0.15) is 55.4 Å². The lowest BCUT2D eigenvalue weighted by molar-refractivity contribution is 0.122. The van der Waals surface area contributed by atoms with Crippen molar-refractivity contribution in [2.45, 2.75) is 66.4 Å². The van der Waals surface area contributed by atoms with Crippen molar-refractivity contribution in [3.8, 4) is 5.75 Å². The van der Waals surface area contributed by atoms with Crippen molar-refractivity contribution in [2.24, 2.45) is 5.92 Å². The predicted octanol–water partition coefficient (Wildman–Crippen LogP) is 6.43. The fourth-order valence-electron chi connectivity index (χ4n) is 3.33. The maximum absolute atomic E-state index is 6.36. The SMILES string of the molecule is CCCC(Cc1ccc(C)c(C)c1)C(CC)Oc1ccc(C)cc1. The smallest absolute Gasteiger partial charge is 0.119 e. The van der Waals surface area contributed by atoms with Crippen molar-refractivity contribution in [3.05, 3.63) is 64.7 Å². The minimum Gasteiger partial charge on any atom is -0.490 e. The molecule has 2 rings (SSSR count). The fraction of sp³-hybridized carbons (Fsp3) is 0.478. The third-order valence-corrected chi connectivity index (χ3v) is 4.97. The quantitative estimate of drug-likeness (QED) is 0.544. The second-order valence-electron chi connectivity index (χ2n) is 7.05. The summed E-state index contributed by atoms with van der Waals surface area (Å²) < 4.78 is 6.36. The first kappa shape index (κ1) is 18.6. The van der Waals surface area contributed by atoms with Gasteiger partial charge in [-0.2, -0.15) is 0 Å². The molecule has 2 aromatic carbocycles. The summed E-state index contributed by atoms with van der Waals surface area (Å²) in [6, 6.07) is 15.3. The zero-order valence-electron chi connectivity index (χ0n) is 15.9. The summed E-state index contributed by atoms with van der Waals surface area (Å²) in [6.45, 7) is 11.0. The standard InChI is InChI=1S/C23H32O/c1-6-8-21(16-20-12-11-18(4)19(5)15-20)23(7-2)24-22-13-9-17(3)10-14-22/h9-15,21,23H,6-8,16H2,1-5H3. The molecule has 0 aliphatic rings. The first-order valence-electron chi connectivity index (χ1n) is 9.33. The van der Waals surface area contributed by atoms with Gasteiger partial charge in [0.15, 0.2) is 0 Å². The number of ether oxygens (including phenoxy) is 1. The van der Waals surface area contributed by atoms with Gasteiger partial charge in [-0.25, -0.2) is 0 Å². The number of benzene rings is 2. The molecule has 1 nitrogen and oxygen atoms in total. The Morgan fingerprint density at radius 3 is 2.17 bits per heavy atom. The average molecular weight is 325 g/mol. The molecule has 2 aromatic rings. The molecule has 0 amide bonds. The molecule has 1 heteroatoms. The monoisotopic (exact) mass is 324 g/mol. The largest absolute Gasteiger partial charge is 0.490 e. The Hall–Kier alpha value is -1.76. The van der Waals surface area contributed by atoms with E-state index in [1.165, 1.54) is 35.1 Å². The third-order valence-electron chi connectivity index (χ3n) is 4.97. The van der Waals surface area contributed by atoms with Crippen LogP contribution in [0.5, 0.6) is 5.75 Å². The van der Waals surface area contributed by atoms with Crippen LogP contribution in [0.2, 0.25) is 0 Å². The Kier molecular flexibility index (Phi) is 6.90. The van der Waals surface area contributed by atoms with Gasteiger partial charge >= 0.3 is 0 Å². The third kappa shape index (κ3) is 5.12. The molecule has 0 spiro atoms. The van der Waals surface area contributed by atoms with Crippen LogP contribution in [0.25, 0.3) is 0 Å². The van der Waals surface area contributed by atoms with Crippen LogP contribution in [-0.4, -0.2) is 6.10 Å². The van der Waals surface area contributed by atoms with Crippen LogP contribution >= 0.6 is 0 Å². The Morgan fingerprint density at radius 2 is 1.58 bits per heavy atom. The minimum atomic E-state index is 0.272. The molecule has 0 radical (unpaired) electrons. The Labute approximate surface area is 148 Å². The van der Waals surface area contributed by atoms with Crippen molar-refractivity contribution in [2.75, 3.05) is 0 Å². The lowest BCUT2D eigenvalue weighted by Gasteiger charge is -2.27. The van der Waals surface area contributed by atoms with E-state index in [0.717, 1.165) is 18.6 Å². The van der Waals surface area contributed by atoms with Crippen molar-refractivity contribution >= 4 is 0 Å². The van der Waals surface area contributed by atoms with E-state index in [1.807, 2.05) is 0 Å². The first-order chi connectivity index (χ1) is 11.5. The molecule has 0 saturated carbocycles. The molecule has 2 atom stereocenters.